The van der Waals surface area contributed by atoms with Crippen LogP contribution in [0.25, 0.3) is 0 Å². The summed E-state index contributed by atoms with van der Waals surface area (Å²) < 4.78 is 0. The van der Waals surface area contributed by atoms with E-state index in [1.807, 2.05) is 6.92 Å². The number of anilines is 1. The zero-order valence-electron chi connectivity index (χ0n) is 7.49. The Bertz CT molecular complexity index is 260. The van der Waals surface area contributed by atoms with Crippen LogP contribution in [0.2, 0.25) is 0 Å². The van der Waals surface area contributed by atoms with Crippen molar-refractivity contribution >= 4 is 22.4 Å². The quantitative estimate of drug-likeness (QED) is 0.765. The van der Waals surface area contributed by atoms with Crippen molar-refractivity contribution in [1.82, 2.24) is 4.98 Å². The average Bonchev–Trinajstić information content (AvgIpc) is 2.57. The van der Waals surface area contributed by atoms with Crippen LogP contribution >= 0.6 is 11.3 Å². The second kappa shape index (κ2) is 4.94. The molecule has 0 radical (unpaired) electrons. The van der Waals surface area contributed by atoms with Crippen LogP contribution in [0.15, 0.2) is 11.6 Å². The number of nitrogens with two attached hydrogens (primary N) is 1. The molecule has 72 valence electrons. The fourth-order valence-electron chi connectivity index (χ4n) is 0.925. The largest absolute Gasteiger partial charge is 0.320 e. The Kier molecular flexibility index (Phi) is 3.85. The number of carbonyl (C=O) groups is 1. The van der Waals surface area contributed by atoms with Gasteiger partial charge < -0.3 is 11.1 Å². The van der Waals surface area contributed by atoms with Gasteiger partial charge in [-0.3, -0.25) is 4.79 Å². The molecule has 0 spiro atoms. The van der Waals surface area contributed by atoms with Crippen LogP contribution in [0.3, 0.4) is 0 Å². The number of nitrogens with one attached hydrogen (secondary N) is 1. The molecule has 5 heteroatoms. The highest BCUT2D eigenvalue weighted by molar-refractivity contribution is 7.13. The van der Waals surface area contributed by atoms with E-state index in [-0.39, 0.29) is 5.91 Å². The molecule has 1 atom stereocenters. The van der Waals surface area contributed by atoms with E-state index >= 15 is 0 Å². The molecule has 0 bridgehead atoms. The summed E-state index contributed by atoms with van der Waals surface area (Å²) in [6, 6.07) is -0.422. The summed E-state index contributed by atoms with van der Waals surface area (Å²) in [4.78, 5) is 15.3. The number of hydrogen-bond donors (Lipinski definition) is 2. The van der Waals surface area contributed by atoms with E-state index in [0.717, 1.165) is 6.42 Å². The molecule has 0 aliphatic carbocycles. The Morgan fingerprint density at radius 1 is 1.85 bits per heavy atom. The molecule has 0 aliphatic rings. The Morgan fingerprint density at radius 3 is 3.15 bits per heavy atom. The van der Waals surface area contributed by atoms with Crippen LogP contribution < -0.4 is 11.1 Å². The molecule has 0 fully saturated rings. The molecular weight excluding hydrogens is 186 g/mol. The maximum absolute atomic E-state index is 11.3. The number of aromatic nitrogens is 1. The molecule has 3 N–H and O–H groups in total. The number of thiazole rings is 1. The topological polar surface area (TPSA) is 68.0 Å². The molecular formula is C8H13N3OS. The molecule has 1 amide bonds. The second-order valence-corrected chi connectivity index (χ2v) is 3.62. The van der Waals surface area contributed by atoms with Crippen molar-refractivity contribution in [1.29, 1.82) is 0 Å². The third-order valence-electron chi connectivity index (χ3n) is 1.60. The van der Waals surface area contributed by atoms with Gasteiger partial charge in [0.05, 0.1) is 6.04 Å². The number of hydrogen-bond acceptors (Lipinski definition) is 4. The number of carbonyl (C=O) groups excluding carboxylic acids is 1. The molecule has 1 rings (SSSR count). The molecule has 1 aromatic heterocycles. The lowest BCUT2D eigenvalue weighted by Crippen LogP contribution is -2.35. The van der Waals surface area contributed by atoms with Crippen molar-refractivity contribution in [3.63, 3.8) is 0 Å². The van der Waals surface area contributed by atoms with E-state index in [1.165, 1.54) is 11.3 Å². The molecule has 0 saturated carbocycles. The van der Waals surface area contributed by atoms with E-state index < -0.39 is 6.04 Å². The fraction of sp³-hybridized carbons (Fsp3) is 0.500. The maximum atomic E-state index is 11.3. The summed E-state index contributed by atoms with van der Waals surface area (Å²) in [7, 11) is 0. The Hall–Kier alpha value is -0.940. The van der Waals surface area contributed by atoms with Crippen LogP contribution in [0.4, 0.5) is 5.13 Å². The standard InChI is InChI=1S/C8H13N3OS/c1-2-3-6(9)7(12)11-8-10-4-5-13-8/h4-6H,2-3,9H2,1H3,(H,10,11,12)/t6-/m1/s1. The van der Waals surface area contributed by atoms with Gasteiger partial charge in [0.2, 0.25) is 5.91 Å². The van der Waals surface area contributed by atoms with Crippen molar-refractivity contribution in [3.05, 3.63) is 11.6 Å². The highest BCUT2D eigenvalue weighted by Crippen LogP contribution is 2.10. The first-order chi connectivity index (χ1) is 6.24. The van der Waals surface area contributed by atoms with Crippen LogP contribution in [-0.4, -0.2) is 16.9 Å². The lowest BCUT2D eigenvalue weighted by Gasteiger charge is -2.08. The van der Waals surface area contributed by atoms with Gasteiger partial charge in [-0.25, -0.2) is 4.98 Å². The minimum Gasteiger partial charge on any atom is -0.320 e. The van der Waals surface area contributed by atoms with Crippen molar-refractivity contribution < 1.29 is 4.79 Å². The van der Waals surface area contributed by atoms with E-state index in [9.17, 15) is 4.79 Å². The van der Waals surface area contributed by atoms with Crippen molar-refractivity contribution in [2.45, 2.75) is 25.8 Å². The van der Waals surface area contributed by atoms with Gasteiger partial charge in [0, 0.05) is 11.6 Å². The number of rotatable bonds is 4. The monoisotopic (exact) mass is 199 g/mol. The van der Waals surface area contributed by atoms with Gasteiger partial charge in [0.25, 0.3) is 0 Å². The minimum absolute atomic E-state index is 0.156. The third kappa shape index (κ3) is 3.12. The summed E-state index contributed by atoms with van der Waals surface area (Å²) in [6.45, 7) is 2.00. The van der Waals surface area contributed by atoms with Crippen LogP contribution in [0.5, 0.6) is 0 Å². The summed E-state index contributed by atoms with van der Waals surface area (Å²) in [5.74, 6) is -0.156. The third-order valence-corrected chi connectivity index (χ3v) is 2.29. The van der Waals surface area contributed by atoms with E-state index in [4.69, 9.17) is 5.73 Å². The van der Waals surface area contributed by atoms with Crippen molar-refractivity contribution in [3.8, 4) is 0 Å². The first kappa shape index (κ1) is 10.1. The molecule has 0 unspecified atom stereocenters. The predicted molar refractivity (Wildman–Crippen MR) is 53.6 cm³/mol. The summed E-state index contributed by atoms with van der Waals surface area (Å²) >= 11 is 1.39. The molecule has 1 aromatic rings. The van der Waals surface area contributed by atoms with Crippen LogP contribution in [0, 0.1) is 0 Å². The predicted octanol–water partition coefficient (Wildman–Crippen LogP) is 1.21. The van der Waals surface area contributed by atoms with Gasteiger partial charge in [-0.1, -0.05) is 13.3 Å². The lowest BCUT2D eigenvalue weighted by atomic mass is 10.2. The highest BCUT2D eigenvalue weighted by atomic mass is 32.1. The Morgan fingerprint density at radius 2 is 2.62 bits per heavy atom. The fourth-order valence-corrected chi connectivity index (χ4v) is 1.46. The molecule has 0 saturated heterocycles. The van der Waals surface area contributed by atoms with E-state index in [2.05, 4.69) is 10.3 Å². The van der Waals surface area contributed by atoms with E-state index in [0.29, 0.717) is 11.6 Å². The zero-order chi connectivity index (χ0) is 9.68. The molecule has 1 heterocycles. The van der Waals surface area contributed by atoms with Crippen molar-refractivity contribution in [2.24, 2.45) is 5.73 Å². The van der Waals surface area contributed by atoms with Gasteiger partial charge in [-0.2, -0.15) is 0 Å². The summed E-state index contributed by atoms with van der Waals surface area (Å²) in [5, 5.41) is 5.06. The summed E-state index contributed by atoms with van der Waals surface area (Å²) in [6.07, 6.45) is 3.26. The SMILES string of the molecule is CCC[C@@H](N)C(=O)Nc1nccs1. The first-order valence-electron chi connectivity index (χ1n) is 4.20. The van der Waals surface area contributed by atoms with Crippen LogP contribution in [-0.2, 0) is 4.79 Å². The average molecular weight is 199 g/mol. The summed E-state index contributed by atoms with van der Waals surface area (Å²) in [5.41, 5.74) is 5.61. The lowest BCUT2D eigenvalue weighted by molar-refractivity contribution is -0.117. The van der Waals surface area contributed by atoms with Gasteiger partial charge in [0.1, 0.15) is 0 Å². The second-order valence-electron chi connectivity index (χ2n) is 2.72. The van der Waals surface area contributed by atoms with Gasteiger partial charge in [-0.05, 0) is 6.42 Å². The van der Waals surface area contributed by atoms with E-state index in [1.54, 1.807) is 11.6 Å². The van der Waals surface area contributed by atoms with Crippen molar-refractivity contribution in [2.75, 3.05) is 5.32 Å². The minimum atomic E-state index is -0.422. The maximum Gasteiger partial charge on any atom is 0.243 e. The Labute approximate surface area is 81.2 Å². The number of amides is 1. The van der Waals surface area contributed by atoms with Gasteiger partial charge in [0.15, 0.2) is 5.13 Å². The van der Waals surface area contributed by atoms with Gasteiger partial charge in [-0.15, -0.1) is 11.3 Å². The molecule has 0 aromatic carbocycles. The van der Waals surface area contributed by atoms with Gasteiger partial charge >= 0.3 is 0 Å². The normalized spacial score (nSPS) is 12.5. The highest BCUT2D eigenvalue weighted by Gasteiger charge is 2.12. The smallest absolute Gasteiger partial charge is 0.243 e. The molecule has 13 heavy (non-hydrogen) atoms. The number of nitrogens with zero attached hydrogens (tertiary/aromatic N) is 1. The first-order valence-corrected chi connectivity index (χ1v) is 5.08. The molecule has 0 aliphatic heterocycles. The molecule has 4 nitrogen and oxygen atoms in total. The Balaban J connectivity index is 2.41. The zero-order valence-corrected chi connectivity index (χ0v) is 8.30. The van der Waals surface area contributed by atoms with Crippen LogP contribution in [0.1, 0.15) is 19.8 Å².